The van der Waals surface area contributed by atoms with E-state index in [0.717, 1.165) is 24.2 Å². The van der Waals surface area contributed by atoms with E-state index in [2.05, 4.69) is 46.8 Å². The van der Waals surface area contributed by atoms with E-state index < -0.39 is 0 Å². The van der Waals surface area contributed by atoms with Crippen LogP contribution in [0.1, 0.15) is 70.2 Å². The van der Waals surface area contributed by atoms with Crippen molar-refractivity contribution in [2.75, 3.05) is 6.61 Å². The predicted molar refractivity (Wildman–Crippen MR) is 82.9 cm³/mol. The maximum absolute atomic E-state index is 6.34. The van der Waals surface area contributed by atoms with E-state index >= 15 is 0 Å². The Morgan fingerprint density at radius 2 is 1.84 bits per heavy atom. The van der Waals surface area contributed by atoms with Gasteiger partial charge in [-0.1, -0.05) is 51.8 Å². The molecule has 1 atom stereocenters. The molecule has 1 rings (SSSR count). The molecule has 0 saturated heterocycles. The van der Waals surface area contributed by atoms with Crippen molar-refractivity contribution in [3.05, 3.63) is 28.8 Å². The van der Waals surface area contributed by atoms with Gasteiger partial charge >= 0.3 is 0 Å². The fourth-order valence-corrected chi connectivity index (χ4v) is 2.41. The number of ether oxygens (including phenoxy) is 1. The van der Waals surface area contributed by atoms with Crippen molar-refractivity contribution >= 4 is 0 Å². The first-order chi connectivity index (χ1) is 8.81. The Balaban J connectivity index is 3.39. The van der Waals surface area contributed by atoms with E-state index in [0.29, 0.717) is 6.61 Å². The molecule has 0 aromatic heterocycles. The molecule has 2 heteroatoms. The number of hydrogen-bond acceptors (Lipinski definition) is 2. The van der Waals surface area contributed by atoms with Gasteiger partial charge in [0.15, 0.2) is 0 Å². The molecule has 2 N–H and O–H groups in total. The third-order valence-electron chi connectivity index (χ3n) is 3.36. The molecular formula is C17H29NO. The highest BCUT2D eigenvalue weighted by Crippen LogP contribution is 2.38. The topological polar surface area (TPSA) is 35.2 Å². The Kier molecular flexibility index (Phi) is 5.42. The van der Waals surface area contributed by atoms with E-state index in [1.54, 1.807) is 0 Å². The normalized spacial score (nSPS) is 13.4. The molecule has 0 bridgehead atoms. The lowest BCUT2D eigenvalue weighted by atomic mass is 9.83. The van der Waals surface area contributed by atoms with Crippen LogP contribution in [0.15, 0.2) is 12.1 Å². The van der Waals surface area contributed by atoms with Crippen LogP contribution in [-0.4, -0.2) is 6.61 Å². The molecule has 0 amide bonds. The van der Waals surface area contributed by atoms with Crippen LogP contribution < -0.4 is 10.5 Å². The van der Waals surface area contributed by atoms with Gasteiger partial charge in [0.25, 0.3) is 0 Å². The van der Waals surface area contributed by atoms with Crippen molar-refractivity contribution in [3.63, 3.8) is 0 Å². The molecule has 0 aliphatic heterocycles. The van der Waals surface area contributed by atoms with Gasteiger partial charge in [0.05, 0.1) is 6.61 Å². The first-order valence-electron chi connectivity index (χ1n) is 7.34. The van der Waals surface area contributed by atoms with Crippen LogP contribution in [0.5, 0.6) is 5.75 Å². The summed E-state index contributed by atoms with van der Waals surface area (Å²) in [6, 6.07) is 4.47. The van der Waals surface area contributed by atoms with Crippen LogP contribution in [0, 0.1) is 6.92 Å². The average Bonchev–Trinajstić information content (AvgIpc) is 2.30. The zero-order valence-electron chi connectivity index (χ0n) is 13.3. The number of nitrogens with two attached hydrogens (primary N) is 1. The van der Waals surface area contributed by atoms with Crippen LogP contribution in [0.4, 0.5) is 0 Å². The third-order valence-corrected chi connectivity index (χ3v) is 3.36. The third kappa shape index (κ3) is 3.97. The minimum absolute atomic E-state index is 0.0625. The highest BCUT2D eigenvalue weighted by molar-refractivity contribution is 5.49. The molecule has 19 heavy (non-hydrogen) atoms. The van der Waals surface area contributed by atoms with Crippen LogP contribution in [0.2, 0.25) is 0 Å². The molecule has 0 heterocycles. The largest absolute Gasteiger partial charge is 0.493 e. The van der Waals surface area contributed by atoms with Crippen molar-refractivity contribution in [2.24, 2.45) is 5.73 Å². The first kappa shape index (κ1) is 16.0. The maximum Gasteiger partial charge on any atom is 0.127 e. The number of benzene rings is 1. The van der Waals surface area contributed by atoms with Crippen LogP contribution >= 0.6 is 0 Å². The van der Waals surface area contributed by atoms with Crippen LogP contribution in [-0.2, 0) is 5.41 Å². The van der Waals surface area contributed by atoms with E-state index in [-0.39, 0.29) is 11.5 Å². The van der Waals surface area contributed by atoms with Gasteiger partial charge in [-0.15, -0.1) is 0 Å². The molecule has 108 valence electrons. The monoisotopic (exact) mass is 263 g/mol. The van der Waals surface area contributed by atoms with Crippen LogP contribution in [0.3, 0.4) is 0 Å². The molecule has 1 aromatic carbocycles. The van der Waals surface area contributed by atoms with E-state index in [1.165, 1.54) is 11.1 Å². The van der Waals surface area contributed by atoms with E-state index in [9.17, 15) is 0 Å². The molecule has 0 aliphatic rings. The lowest BCUT2D eigenvalue weighted by molar-refractivity contribution is 0.323. The summed E-state index contributed by atoms with van der Waals surface area (Å²) in [4.78, 5) is 0. The van der Waals surface area contributed by atoms with Gasteiger partial charge in [-0.05, 0) is 25.7 Å². The molecule has 1 aromatic rings. The fourth-order valence-electron chi connectivity index (χ4n) is 2.41. The Bertz CT molecular complexity index is 418. The molecule has 0 radical (unpaired) electrons. The molecule has 0 aliphatic carbocycles. The molecule has 2 nitrogen and oxygen atoms in total. The zero-order chi connectivity index (χ0) is 14.6. The fraction of sp³-hybridized carbons (Fsp3) is 0.647. The smallest absolute Gasteiger partial charge is 0.127 e. The Hall–Kier alpha value is -1.02. The van der Waals surface area contributed by atoms with Crippen molar-refractivity contribution < 1.29 is 4.74 Å². The highest BCUT2D eigenvalue weighted by Gasteiger charge is 2.24. The summed E-state index contributed by atoms with van der Waals surface area (Å²) in [7, 11) is 0. The lowest BCUT2D eigenvalue weighted by Gasteiger charge is -2.27. The Morgan fingerprint density at radius 3 is 2.32 bits per heavy atom. The summed E-state index contributed by atoms with van der Waals surface area (Å²) >= 11 is 0. The minimum atomic E-state index is 0.0625. The second kappa shape index (κ2) is 6.42. The zero-order valence-corrected chi connectivity index (χ0v) is 13.3. The Morgan fingerprint density at radius 1 is 1.21 bits per heavy atom. The van der Waals surface area contributed by atoms with Gasteiger partial charge in [0.1, 0.15) is 5.75 Å². The van der Waals surface area contributed by atoms with E-state index in [1.807, 2.05) is 6.92 Å². The summed E-state index contributed by atoms with van der Waals surface area (Å²) in [5.74, 6) is 1.00. The minimum Gasteiger partial charge on any atom is -0.493 e. The summed E-state index contributed by atoms with van der Waals surface area (Å²) in [5.41, 5.74) is 10.1. The molecule has 0 saturated carbocycles. The van der Waals surface area contributed by atoms with Gasteiger partial charge in [0, 0.05) is 17.2 Å². The summed E-state index contributed by atoms with van der Waals surface area (Å²) in [5, 5.41) is 0. The first-order valence-corrected chi connectivity index (χ1v) is 7.34. The Labute approximate surface area is 118 Å². The number of hydrogen-bond donors (Lipinski definition) is 1. The van der Waals surface area contributed by atoms with Crippen molar-refractivity contribution in [2.45, 2.75) is 65.8 Å². The van der Waals surface area contributed by atoms with Gasteiger partial charge in [-0.2, -0.15) is 0 Å². The van der Waals surface area contributed by atoms with Gasteiger partial charge < -0.3 is 10.5 Å². The molecule has 1 unspecified atom stereocenters. The van der Waals surface area contributed by atoms with Crippen molar-refractivity contribution in [3.8, 4) is 5.75 Å². The van der Waals surface area contributed by atoms with Gasteiger partial charge in [0.2, 0.25) is 0 Å². The molecule has 0 fully saturated rings. The van der Waals surface area contributed by atoms with E-state index in [4.69, 9.17) is 10.5 Å². The summed E-state index contributed by atoms with van der Waals surface area (Å²) in [6.07, 6.45) is 2.08. The predicted octanol–water partition coefficient (Wildman–Crippen LogP) is 4.49. The quantitative estimate of drug-likeness (QED) is 0.849. The van der Waals surface area contributed by atoms with Gasteiger partial charge in [-0.3, -0.25) is 0 Å². The second-order valence-electron chi connectivity index (χ2n) is 6.31. The second-order valence-corrected chi connectivity index (χ2v) is 6.31. The summed E-state index contributed by atoms with van der Waals surface area (Å²) in [6.45, 7) is 13.7. The highest BCUT2D eigenvalue weighted by atomic mass is 16.5. The van der Waals surface area contributed by atoms with Crippen molar-refractivity contribution in [1.82, 2.24) is 0 Å². The summed E-state index contributed by atoms with van der Waals surface area (Å²) < 4.78 is 5.94. The molecular weight excluding hydrogens is 234 g/mol. The lowest BCUT2D eigenvalue weighted by Crippen LogP contribution is -2.18. The number of rotatable bonds is 5. The SMILES string of the molecule is CCCC(N)c1cc(C)cc(C(C)(C)C)c1OCC. The van der Waals surface area contributed by atoms with Crippen molar-refractivity contribution in [1.29, 1.82) is 0 Å². The average molecular weight is 263 g/mol. The van der Waals surface area contributed by atoms with Gasteiger partial charge in [-0.25, -0.2) is 0 Å². The standard InChI is InChI=1S/C17H29NO/c1-7-9-15(18)13-10-12(3)11-14(17(4,5)6)16(13)19-8-2/h10-11,15H,7-9,18H2,1-6H3. The maximum atomic E-state index is 6.34. The van der Waals surface area contributed by atoms with Crippen LogP contribution in [0.25, 0.3) is 0 Å². The number of aryl methyl sites for hydroxylation is 1. The molecule has 0 spiro atoms.